The van der Waals surface area contributed by atoms with Crippen LogP contribution in [0.2, 0.25) is 0 Å². The van der Waals surface area contributed by atoms with Crippen molar-refractivity contribution in [2.45, 2.75) is 12.8 Å². The number of pyridine rings is 1. The molecule has 2 aromatic carbocycles. The second-order valence-corrected chi connectivity index (χ2v) is 5.93. The molecule has 5 heteroatoms. The molecule has 3 aromatic rings. The van der Waals surface area contributed by atoms with Gasteiger partial charge < -0.3 is 4.74 Å². The standard InChI is InChI=1S/C21H18F2N2O/c1-21(22,23)15-26-19-12-18(13-24-14-19)25-20(16-8-4-2-5-9-16)17-10-6-3-7-11-17/h2-14H,15H2,1H3. The molecule has 0 bridgehead atoms. The number of halogens is 2. The molecule has 0 fully saturated rings. The highest BCUT2D eigenvalue weighted by atomic mass is 19.3. The van der Waals surface area contributed by atoms with Crippen LogP contribution in [-0.2, 0) is 0 Å². The molecule has 132 valence electrons. The van der Waals surface area contributed by atoms with Crippen LogP contribution >= 0.6 is 0 Å². The number of aliphatic imine (C=N–C) groups is 1. The normalized spacial score (nSPS) is 11.0. The van der Waals surface area contributed by atoms with Gasteiger partial charge in [-0.2, -0.15) is 0 Å². The van der Waals surface area contributed by atoms with Crippen molar-refractivity contribution in [3.05, 3.63) is 90.3 Å². The molecule has 26 heavy (non-hydrogen) atoms. The van der Waals surface area contributed by atoms with Crippen molar-refractivity contribution in [1.82, 2.24) is 4.98 Å². The minimum Gasteiger partial charge on any atom is -0.486 e. The second-order valence-electron chi connectivity index (χ2n) is 5.93. The zero-order valence-electron chi connectivity index (χ0n) is 14.3. The Balaban J connectivity index is 1.96. The number of nitrogens with zero attached hydrogens (tertiary/aromatic N) is 2. The van der Waals surface area contributed by atoms with Gasteiger partial charge in [-0.05, 0) is 0 Å². The lowest BCUT2D eigenvalue weighted by molar-refractivity contribution is -0.0230. The lowest BCUT2D eigenvalue weighted by Gasteiger charge is -2.12. The first-order chi connectivity index (χ1) is 12.5. The van der Waals surface area contributed by atoms with Crippen LogP contribution < -0.4 is 4.74 Å². The van der Waals surface area contributed by atoms with Crippen LogP contribution in [0.5, 0.6) is 5.75 Å². The van der Waals surface area contributed by atoms with Gasteiger partial charge in [-0.1, -0.05) is 60.7 Å². The maximum atomic E-state index is 13.0. The van der Waals surface area contributed by atoms with Gasteiger partial charge in [0, 0.05) is 24.1 Å². The maximum Gasteiger partial charge on any atom is 0.278 e. The molecule has 3 rings (SSSR count). The van der Waals surface area contributed by atoms with Crippen LogP contribution in [0.25, 0.3) is 0 Å². The summed E-state index contributed by atoms with van der Waals surface area (Å²) >= 11 is 0. The zero-order valence-corrected chi connectivity index (χ0v) is 14.3. The van der Waals surface area contributed by atoms with Crippen LogP contribution in [0.3, 0.4) is 0 Å². The van der Waals surface area contributed by atoms with Crippen LogP contribution in [0, 0.1) is 0 Å². The molecule has 0 aliphatic rings. The van der Waals surface area contributed by atoms with E-state index in [0.29, 0.717) is 5.69 Å². The number of alkyl halides is 2. The van der Waals surface area contributed by atoms with Crippen molar-refractivity contribution in [2.75, 3.05) is 6.61 Å². The van der Waals surface area contributed by atoms with E-state index in [-0.39, 0.29) is 5.75 Å². The lowest BCUT2D eigenvalue weighted by Crippen LogP contribution is -2.20. The topological polar surface area (TPSA) is 34.5 Å². The molecule has 0 N–H and O–H groups in total. The van der Waals surface area contributed by atoms with Gasteiger partial charge in [0.05, 0.1) is 23.8 Å². The summed E-state index contributed by atoms with van der Waals surface area (Å²) in [5.41, 5.74) is 3.20. The zero-order chi connectivity index (χ0) is 18.4. The Morgan fingerprint density at radius 1 is 0.962 bits per heavy atom. The first-order valence-electron chi connectivity index (χ1n) is 8.16. The van der Waals surface area contributed by atoms with E-state index in [1.165, 1.54) is 6.20 Å². The Labute approximate surface area is 151 Å². The summed E-state index contributed by atoms with van der Waals surface area (Å²) in [5, 5.41) is 0. The number of hydrogen-bond donors (Lipinski definition) is 0. The summed E-state index contributed by atoms with van der Waals surface area (Å²) in [6, 6.07) is 21.1. The fourth-order valence-electron chi connectivity index (χ4n) is 2.37. The van der Waals surface area contributed by atoms with Crippen molar-refractivity contribution in [3.63, 3.8) is 0 Å². The molecule has 1 aromatic heterocycles. The Morgan fingerprint density at radius 2 is 1.54 bits per heavy atom. The summed E-state index contributed by atoms with van der Waals surface area (Å²) < 4.78 is 31.1. The van der Waals surface area contributed by atoms with Gasteiger partial charge in [-0.15, -0.1) is 0 Å². The molecule has 0 unspecified atom stereocenters. The minimum atomic E-state index is -2.90. The molecule has 1 heterocycles. The average molecular weight is 352 g/mol. The highest BCUT2D eigenvalue weighted by Crippen LogP contribution is 2.23. The van der Waals surface area contributed by atoms with E-state index in [1.807, 2.05) is 60.7 Å². The Hall–Kier alpha value is -3.08. The molecule has 0 spiro atoms. The van der Waals surface area contributed by atoms with Crippen LogP contribution in [-0.4, -0.2) is 23.2 Å². The van der Waals surface area contributed by atoms with Crippen LogP contribution in [0.4, 0.5) is 14.5 Å². The summed E-state index contributed by atoms with van der Waals surface area (Å²) in [4.78, 5) is 8.74. The van der Waals surface area contributed by atoms with Crippen molar-refractivity contribution < 1.29 is 13.5 Å². The molecule has 0 atom stereocenters. The molecule has 0 amide bonds. The first kappa shape index (κ1) is 17.7. The predicted molar refractivity (Wildman–Crippen MR) is 98.5 cm³/mol. The van der Waals surface area contributed by atoms with E-state index >= 15 is 0 Å². The molecule has 0 aliphatic heterocycles. The highest BCUT2D eigenvalue weighted by molar-refractivity contribution is 6.13. The second kappa shape index (κ2) is 7.87. The largest absolute Gasteiger partial charge is 0.486 e. The molecule has 0 radical (unpaired) electrons. The van der Waals surface area contributed by atoms with E-state index in [2.05, 4.69) is 4.98 Å². The molecule has 0 saturated heterocycles. The molecule has 0 aliphatic carbocycles. The highest BCUT2D eigenvalue weighted by Gasteiger charge is 2.22. The number of ether oxygens (including phenoxy) is 1. The fourth-order valence-corrected chi connectivity index (χ4v) is 2.37. The van der Waals surface area contributed by atoms with Gasteiger partial charge in [0.1, 0.15) is 5.75 Å². The van der Waals surface area contributed by atoms with E-state index in [9.17, 15) is 8.78 Å². The molecular formula is C21H18F2N2O. The SMILES string of the molecule is CC(F)(F)COc1cncc(N=C(c2ccccc2)c2ccccc2)c1. The van der Waals surface area contributed by atoms with Gasteiger partial charge in [-0.25, -0.2) is 13.8 Å². The molecule has 3 nitrogen and oxygen atoms in total. The Kier molecular flexibility index (Phi) is 5.37. The third kappa shape index (κ3) is 4.96. The van der Waals surface area contributed by atoms with Crippen molar-refractivity contribution in [3.8, 4) is 5.75 Å². The predicted octanol–water partition coefficient (Wildman–Crippen LogP) is 5.28. The number of aromatic nitrogens is 1. The van der Waals surface area contributed by atoms with Gasteiger partial charge in [0.2, 0.25) is 0 Å². The third-order valence-electron chi connectivity index (χ3n) is 3.53. The van der Waals surface area contributed by atoms with Crippen molar-refractivity contribution in [2.24, 2.45) is 4.99 Å². The van der Waals surface area contributed by atoms with Crippen LogP contribution in [0.1, 0.15) is 18.1 Å². The lowest BCUT2D eigenvalue weighted by atomic mass is 10.0. The van der Waals surface area contributed by atoms with Gasteiger partial charge in [0.15, 0.2) is 6.61 Å². The Bertz CT molecular complexity index is 834. The fraction of sp³-hybridized carbons (Fsp3) is 0.143. The maximum absolute atomic E-state index is 13.0. The quantitative estimate of drug-likeness (QED) is 0.565. The van der Waals surface area contributed by atoms with Gasteiger partial charge in [0.25, 0.3) is 5.92 Å². The molecular weight excluding hydrogens is 334 g/mol. The van der Waals surface area contributed by atoms with E-state index in [1.54, 1.807) is 12.3 Å². The summed E-state index contributed by atoms with van der Waals surface area (Å²) in [6.07, 6.45) is 2.97. The summed E-state index contributed by atoms with van der Waals surface area (Å²) in [7, 11) is 0. The number of rotatable bonds is 6. The molecule has 0 saturated carbocycles. The van der Waals surface area contributed by atoms with Crippen molar-refractivity contribution in [1.29, 1.82) is 0 Å². The number of hydrogen-bond acceptors (Lipinski definition) is 3. The van der Waals surface area contributed by atoms with E-state index in [4.69, 9.17) is 9.73 Å². The summed E-state index contributed by atoms with van der Waals surface area (Å²) in [5.74, 6) is -2.65. The van der Waals surface area contributed by atoms with Crippen molar-refractivity contribution >= 4 is 11.4 Å². The number of benzene rings is 2. The average Bonchev–Trinajstić information content (AvgIpc) is 2.66. The minimum absolute atomic E-state index is 0.258. The summed E-state index contributed by atoms with van der Waals surface area (Å²) in [6.45, 7) is 0.109. The van der Waals surface area contributed by atoms with Gasteiger partial charge in [-0.3, -0.25) is 4.98 Å². The Morgan fingerprint density at radius 3 is 2.08 bits per heavy atom. The van der Waals surface area contributed by atoms with Gasteiger partial charge >= 0.3 is 0 Å². The van der Waals surface area contributed by atoms with E-state index in [0.717, 1.165) is 23.8 Å². The smallest absolute Gasteiger partial charge is 0.278 e. The monoisotopic (exact) mass is 352 g/mol. The van der Waals surface area contributed by atoms with E-state index < -0.39 is 12.5 Å². The first-order valence-corrected chi connectivity index (χ1v) is 8.16. The third-order valence-corrected chi connectivity index (χ3v) is 3.53. The van der Waals surface area contributed by atoms with Crippen LogP contribution in [0.15, 0.2) is 84.1 Å².